The minimum Gasteiger partial charge on any atom is -0.0738 e. The van der Waals surface area contributed by atoms with Crippen LogP contribution in [0.2, 0.25) is 5.82 Å². The van der Waals surface area contributed by atoms with E-state index in [2.05, 4.69) is 13.8 Å². The van der Waals surface area contributed by atoms with Crippen molar-refractivity contribution in [1.82, 2.24) is 0 Å². The van der Waals surface area contributed by atoms with Crippen LogP contribution in [0.3, 0.4) is 0 Å². The Morgan fingerprint density at radius 1 is 1.55 bits per heavy atom. The van der Waals surface area contributed by atoms with Crippen molar-refractivity contribution in [1.29, 1.82) is 0 Å². The first-order valence-electron chi connectivity index (χ1n) is 4.95. The summed E-state index contributed by atoms with van der Waals surface area (Å²) in [4.78, 5) is 0. The lowest BCUT2D eigenvalue weighted by Gasteiger charge is -2.29. The zero-order valence-electron chi connectivity index (χ0n) is 7.64. The van der Waals surface area contributed by atoms with Gasteiger partial charge in [0.2, 0.25) is 0 Å². The highest BCUT2D eigenvalue weighted by Gasteiger charge is 2.52. The van der Waals surface area contributed by atoms with Crippen LogP contribution in [-0.4, -0.2) is 7.85 Å². The number of hydrogen-bond acceptors (Lipinski definition) is 0. The lowest BCUT2D eigenvalue weighted by molar-refractivity contribution is 0.225. The average Bonchev–Trinajstić information content (AvgIpc) is 2.42. The molecular weight excluding hydrogens is 131 g/mol. The summed E-state index contributed by atoms with van der Waals surface area (Å²) in [5, 5.41) is 0. The van der Waals surface area contributed by atoms with Crippen LogP contribution < -0.4 is 0 Å². The molecule has 0 saturated heterocycles. The molecule has 2 fully saturated rings. The lowest BCUT2D eigenvalue weighted by atomic mass is 9.70. The van der Waals surface area contributed by atoms with Crippen molar-refractivity contribution in [2.75, 3.05) is 0 Å². The van der Waals surface area contributed by atoms with Gasteiger partial charge < -0.3 is 0 Å². The fourth-order valence-corrected chi connectivity index (χ4v) is 3.52. The second-order valence-electron chi connectivity index (χ2n) is 4.58. The molecule has 0 amide bonds. The van der Waals surface area contributed by atoms with E-state index < -0.39 is 0 Å². The molecule has 0 aliphatic heterocycles. The molecule has 2 aliphatic carbocycles. The number of fused-ring (bicyclic) bond motifs is 2. The normalized spacial score (nSPS) is 55.3. The average molecular weight is 148 g/mol. The van der Waals surface area contributed by atoms with Gasteiger partial charge in [0, 0.05) is 0 Å². The van der Waals surface area contributed by atoms with Crippen LogP contribution in [0.15, 0.2) is 0 Å². The third kappa shape index (κ3) is 0.831. The first kappa shape index (κ1) is 7.70. The molecule has 2 radical (unpaired) electrons. The van der Waals surface area contributed by atoms with Crippen LogP contribution in [0, 0.1) is 17.3 Å². The molecule has 0 nitrogen and oxygen atoms in total. The van der Waals surface area contributed by atoms with Crippen molar-refractivity contribution < 1.29 is 0 Å². The van der Waals surface area contributed by atoms with Crippen molar-refractivity contribution in [3.8, 4) is 0 Å². The highest BCUT2D eigenvalue weighted by molar-refractivity contribution is 6.12. The van der Waals surface area contributed by atoms with Gasteiger partial charge in [0.1, 0.15) is 0 Å². The predicted octanol–water partition coefficient (Wildman–Crippen LogP) is 2.79. The summed E-state index contributed by atoms with van der Waals surface area (Å²) in [7, 11) is 6.07. The van der Waals surface area contributed by atoms with Crippen molar-refractivity contribution in [2.24, 2.45) is 17.3 Å². The molecule has 0 N–H and O–H groups in total. The molecule has 1 unspecified atom stereocenters. The quantitative estimate of drug-likeness (QED) is 0.501. The third-order valence-electron chi connectivity index (χ3n) is 4.48. The zero-order valence-corrected chi connectivity index (χ0v) is 7.64. The van der Waals surface area contributed by atoms with Crippen molar-refractivity contribution in [3.05, 3.63) is 0 Å². The van der Waals surface area contributed by atoms with E-state index in [-0.39, 0.29) is 0 Å². The molecule has 0 aromatic heterocycles. The molecule has 2 bridgehead atoms. The van der Waals surface area contributed by atoms with Crippen LogP contribution >= 0.6 is 0 Å². The van der Waals surface area contributed by atoms with Gasteiger partial charge in [0.05, 0.1) is 7.85 Å². The largest absolute Gasteiger partial charge is 0.0738 e. The van der Waals surface area contributed by atoms with E-state index in [1.165, 1.54) is 25.7 Å². The van der Waals surface area contributed by atoms with Gasteiger partial charge >= 0.3 is 0 Å². The summed E-state index contributed by atoms with van der Waals surface area (Å²) in [6.45, 7) is 4.74. The maximum Gasteiger partial charge on any atom is 0.0703 e. The van der Waals surface area contributed by atoms with Crippen molar-refractivity contribution >= 4 is 7.85 Å². The molecule has 1 heteroatoms. The van der Waals surface area contributed by atoms with Gasteiger partial charge in [-0.1, -0.05) is 38.9 Å². The van der Waals surface area contributed by atoms with Gasteiger partial charge in [-0.3, -0.25) is 0 Å². The number of rotatable bonds is 1. The summed E-state index contributed by atoms with van der Waals surface area (Å²) < 4.78 is 0. The van der Waals surface area contributed by atoms with Crippen molar-refractivity contribution in [2.45, 2.75) is 45.3 Å². The van der Waals surface area contributed by atoms with Crippen LogP contribution in [0.4, 0.5) is 0 Å². The minimum absolute atomic E-state index is 0.527. The topological polar surface area (TPSA) is 0 Å². The molecule has 0 aromatic rings. The maximum atomic E-state index is 6.07. The van der Waals surface area contributed by atoms with Gasteiger partial charge in [-0.05, 0) is 23.7 Å². The van der Waals surface area contributed by atoms with Crippen LogP contribution in [0.25, 0.3) is 0 Å². The maximum absolute atomic E-state index is 6.07. The summed E-state index contributed by atoms with van der Waals surface area (Å²) >= 11 is 0. The van der Waals surface area contributed by atoms with E-state index in [1.807, 2.05) is 0 Å². The smallest absolute Gasteiger partial charge is 0.0703 e. The van der Waals surface area contributed by atoms with Crippen LogP contribution in [0.1, 0.15) is 39.5 Å². The Balaban J connectivity index is 2.24. The van der Waals surface area contributed by atoms with Gasteiger partial charge in [-0.25, -0.2) is 0 Å². The van der Waals surface area contributed by atoms with Gasteiger partial charge in [-0.15, -0.1) is 0 Å². The second-order valence-corrected chi connectivity index (χ2v) is 4.58. The Bertz CT molecular complexity index is 166. The monoisotopic (exact) mass is 148 g/mol. The Hall–Kier alpha value is 0.0649. The molecule has 2 rings (SSSR count). The van der Waals surface area contributed by atoms with Gasteiger partial charge in [0.15, 0.2) is 0 Å². The minimum atomic E-state index is 0.527. The Morgan fingerprint density at radius 2 is 2.27 bits per heavy atom. The Kier molecular flexibility index (Phi) is 1.59. The van der Waals surface area contributed by atoms with E-state index >= 15 is 0 Å². The summed E-state index contributed by atoms with van der Waals surface area (Å²) in [6, 6.07) is 0. The molecule has 4 atom stereocenters. The molecule has 60 valence electrons. The van der Waals surface area contributed by atoms with Crippen molar-refractivity contribution in [3.63, 3.8) is 0 Å². The molecule has 11 heavy (non-hydrogen) atoms. The van der Waals surface area contributed by atoms with Gasteiger partial charge in [0.25, 0.3) is 0 Å². The highest BCUT2D eigenvalue weighted by atomic mass is 14.6. The standard InChI is InChI=1S/C10H17B/c1-3-10-5-4-8(7(10)2)9(11)6-10/h7-9H,3-6H2,1-2H3/t7-,8+,9+,10?/m0/s1. The first-order valence-corrected chi connectivity index (χ1v) is 4.95. The summed E-state index contributed by atoms with van der Waals surface area (Å²) in [5.74, 6) is 2.29. The molecule has 2 saturated carbocycles. The van der Waals surface area contributed by atoms with E-state index in [0.29, 0.717) is 11.2 Å². The van der Waals surface area contributed by atoms with Crippen LogP contribution in [-0.2, 0) is 0 Å². The van der Waals surface area contributed by atoms with E-state index in [1.54, 1.807) is 0 Å². The Morgan fingerprint density at radius 3 is 2.55 bits per heavy atom. The fraction of sp³-hybridized carbons (Fsp3) is 1.00. The number of hydrogen-bond donors (Lipinski definition) is 0. The fourth-order valence-electron chi connectivity index (χ4n) is 3.52. The van der Waals surface area contributed by atoms with Crippen LogP contribution in [0.5, 0.6) is 0 Å². The predicted molar refractivity (Wildman–Crippen MR) is 48.7 cm³/mol. The molecular formula is C10H17B. The second kappa shape index (κ2) is 2.28. The van der Waals surface area contributed by atoms with Gasteiger partial charge in [-0.2, -0.15) is 0 Å². The molecule has 0 aromatic carbocycles. The molecule has 2 aliphatic rings. The van der Waals surface area contributed by atoms with E-state index in [4.69, 9.17) is 7.85 Å². The Labute approximate surface area is 71.2 Å². The first-order chi connectivity index (χ1) is 5.19. The van der Waals surface area contributed by atoms with E-state index in [0.717, 1.165) is 11.8 Å². The zero-order chi connectivity index (χ0) is 8.06. The SMILES string of the molecule is [B][C@@H]1CC2(CC)CC[C@@H]1[C@@H]2C. The lowest BCUT2D eigenvalue weighted by Crippen LogP contribution is -2.18. The molecule has 0 spiro atoms. The summed E-state index contributed by atoms with van der Waals surface area (Å²) in [6.07, 6.45) is 5.49. The summed E-state index contributed by atoms with van der Waals surface area (Å²) in [5.41, 5.74) is 0.657. The van der Waals surface area contributed by atoms with E-state index in [9.17, 15) is 0 Å². The highest BCUT2D eigenvalue weighted by Crippen LogP contribution is 2.63. The molecule has 0 heterocycles. The third-order valence-corrected chi connectivity index (χ3v) is 4.48.